The summed E-state index contributed by atoms with van der Waals surface area (Å²) in [4.78, 5) is 22.5. The number of nitrogens with one attached hydrogen (secondary N) is 2. The van der Waals surface area contributed by atoms with Crippen LogP contribution in [0, 0.1) is 6.92 Å². The molecule has 152 valence electrons. The number of carbonyl (C=O) groups is 1. The second kappa shape index (κ2) is 9.84. The highest BCUT2D eigenvalue weighted by Gasteiger charge is 2.21. The minimum absolute atomic E-state index is 0.0507. The first-order valence-corrected chi connectivity index (χ1v) is 9.69. The molecule has 1 saturated carbocycles. The Kier molecular flexibility index (Phi) is 6.97. The highest BCUT2D eigenvalue weighted by atomic mass is 16.3. The average molecular weight is 393 g/mol. The molecule has 1 amide bonds. The molecule has 0 bridgehead atoms. The van der Waals surface area contributed by atoms with Crippen molar-refractivity contribution in [3.63, 3.8) is 0 Å². The van der Waals surface area contributed by atoms with Gasteiger partial charge in [0.1, 0.15) is 12.4 Å². The minimum atomic E-state index is -0.454. The van der Waals surface area contributed by atoms with Crippen LogP contribution in [0.2, 0.25) is 0 Å². The molecule has 0 unspecified atom stereocenters. The summed E-state index contributed by atoms with van der Waals surface area (Å²) in [7, 11) is 0. The maximum Gasteiger partial charge on any atom is 0.242 e. The number of rotatable bonds is 10. The van der Waals surface area contributed by atoms with E-state index in [4.69, 9.17) is 0 Å². The van der Waals surface area contributed by atoms with Gasteiger partial charge in [0.25, 0.3) is 0 Å². The summed E-state index contributed by atoms with van der Waals surface area (Å²) in [5.41, 5.74) is 2.79. The number of anilines is 2. The smallest absolute Gasteiger partial charge is 0.242 e. The van der Waals surface area contributed by atoms with Crippen molar-refractivity contribution in [1.82, 2.24) is 10.3 Å². The Labute approximate surface area is 171 Å². The van der Waals surface area contributed by atoms with Crippen molar-refractivity contribution >= 4 is 23.8 Å². The zero-order valence-corrected chi connectivity index (χ0v) is 16.6. The number of nitrogens with zero attached hydrogens (tertiary/aromatic N) is 3. The van der Waals surface area contributed by atoms with Crippen LogP contribution in [0.1, 0.15) is 30.0 Å². The third kappa shape index (κ3) is 6.15. The number of aliphatic hydroxyl groups excluding tert-OH is 1. The highest BCUT2D eigenvalue weighted by molar-refractivity contribution is 5.85. The van der Waals surface area contributed by atoms with Crippen LogP contribution in [-0.4, -0.2) is 41.5 Å². The van der Waals surface area contributed by atoms with Gasteiger partial charge in [0, 0.05) is 24.5 Å². The van der Waals surface area contributed by atoms with Crippen molar-refractivity contribution < 1.29 is 9.90 Å². The molecule has 7 nitrogen and oxygen atoms in total. The van der Waals surface area contributed by atoms with Crippen LogP contribution >= 0.6 is 0 Å². The molecule has 0 spiro atoms. The van der Waals surface area contributed by atoms with Gasteiger partial charge in [-0.1, -0.05) is 36.4 Å². The van der Waals surface area contributed by atoms with Gasteiger partial charge < -0.3 is 20.6 Å². The summed E-state index contributed by atoms with van der Waals surface area (Å²) in [6, 6.07) is 11.5. The molecule has 1 heterocycles. The quantitative estimate of drug-likeness (QED) is 0.427. The van der Waals surface area contributed by atoms with E-state index in [1.54, 1.807) is 23.6 Å². The molecule has 1 aliphatic rings. The Bertz CT molecular complexity index is 879. The summed E-state index contributed by atoms with van der Waals surface area (Å²) >= 11 is 0. The van der Waals surface area contributed by atoms with E-state index >= 15 is 0 Å². The van der Waals surface area contributed by atoms with E-state index in [2.05, 4.69) is 27.2 Å². The van der Waals surface area contributed by atoms with Crippen molar-refractivity contribution in [3.05, 3.63) is 66.5 Å². The number of hydrogen-bond donors (Lipinski definition) is 3. The van der Waals surface area contributed by atoms with Crippen LogP contribution in [0.5, 0.6) is 0 Å². The number of aryl methyl sites for hydroxylation is 1. The first-order valence-electron chi connectivity index (χ1n) is 9.69. The lowest BCUT2D eigenvalue weighted by Crippen LogP contribution is -2.32. The molecule has 1 aliphatic carbocycles. The summed E-state index contributed by atoms with van der Waals surface area (Å²) in [6.07, 6.45) is 7.26. The van der Waals surface area contributed by atoms with Crippen molar-refractivity contribution in [2.75, 3.05) is 23.4 Å². The number of amides is 1. The maximum absolute atomic E-state index is 12.3. The predicted molar refractivity (Wildman–Crippen MR) is 116 cm³/mol. The first-order chi connectivity index (χ1) is 14.1. The Hall–Kier alpha value is -3.19. The van der Waals surface area contributed by atoms with E-state index in [-0.39, 0.29) is 19.1 Å². The molecule has 1 atom stereocenters. The molecule has 1 aromatic carbocycles. The van der Waals surface area contributed by atoms with Gasteiger partial charge in [0.2, 0.25) is 5.91 Å². The monoisotopic (exact) mass is 393 g/mol. The Balaban J connectivity index is 1.57. The normalized spacial score (nSPS) is 14.4. The van der Waals surface area contributed by atoms with E-state index in [0.717, 1.165) is 22.6 Å². The van der Waals surface area contributed by atoms with E-state index in [1.165, 1.54) is 12.8 Å². The molecule has 2 aromatic rings. The standard InChI is InChI=1S/C22H27N5O2/c1-3-27(19-9-10-24-21(12-19)25-18-7-8-18)15-23-13-22(29)26-20(14-28)17-6-4-5-16(2)11-17/h3-6,9-12,15,18,20,28H,1,7-8,13-14H2,2H3,(H,24,25)(H,26,29)/t20-/m1/s1. The number of hydrogen-bond acceptors (Lipinski definition) is 5. The van der Waals surface area contributed by atoms with Gasteiger partial charge in [-0.3, -0.25) is 9.79 Å². The highest BCUT2D eigenvalue weighted by Crippen LogP contribution is 2.25. The van der Waals surface area contributed by atoms with Crippen molar-refractivity contribution in [2.45, 2.75) is 31.8 Å². The first kappa shape index (κ1) is 20.5. The van der Waals surface area contributed by atoms with Crippen LogP contribution < -0.4 is 15.5 Å². The van der Waals surface area contributed by atoms with E-state index < -0.39 is 6.04 Å². The van der Waals surface area contributed by atoms with Gasteiger partial charge in [-0.05, 0) is 31.4 Å². The van der Waals surface area contributed by atoms with Gasteiger partial charge in [0.05, 0.1) is 24.7 Å². The van der Waals surface area contributed by atoms with Gasteiger partial charge in [-0.25, -0.2) is 4.98 Å². The fourth-order valence-electron chi connectivity index (χ4n) is 2.89. The number of aliphatic hydroxyl groups is 1. The lowest BCUT2D eigenvalue weighted by atomic mass is 10.1. The fourth-order valence-corrected chi connectivity index (χ4v) is 2.89. The second-order valence-corrected chi connectivity index (χ2v) is 7.08. The summed E-state index contributed by atoms with van der Waals surface area (Å²) < 4.78 is 0. The SMILES string of the molecule is C=CN(C=NCC(=O)N[C@H](CO)c1cccc(C)c1)c1ccnc(NC2CC2)c1. The molecule has 0 radical (unpaired) electrons. The summed E-state index contributed by atoms with van der Waals surface area (Å²) in [6.45, 7) is 5.55. The number of aromatic nitrogens is 1. The zero-order chi connectivity index (χ0) is 20.6. The predicted octanol–water partition coefficient (Wildman–Crippen LogP) is 2.79. The van der Waals surface area contributed by atoms with E-state index in [0.29, 0.717) is 6.04 Å². The topological polar surface area (TPSA) is 89.9 Å². The van der Waals surface area contributed by atoms with E-state index in [1.807, 2.05) is 43.3 Å². The third-order valence-corrected chi connectivity index (χ3v) is 4.57. The van der Waals surface area contributed by atoms with Crippen molar-refractivity contribution in [2.24, 2.45) is 4.99 Å². The summed E-state index contributed by atoms with van der Waals surface area (Å²) in [5.74, 6) is 0.545. The molecule has 1 aromatic heterocycles. The van der Waals surface area contributed by atoms with Gasteiger partial charge in [0.15, 0.2) is 0 Å². The van der Waals surface area contributed by atoms with Crippen LogP contribution in [0.3, 0.4) is 0 Å². The van der Waals surface area contributed by atoms with Gasteiger partial charge >= 0.3 is 0 Å². The second-order valence-electron chi connectivity index (χ2n) is 7.08. The molecule has 3 rings (SSSR count). The molecule has 3 N–H and O–H groups in total. The summed E-state index contributed by atoms with van der Waals surface area (Å²) in [5, 5.41) is 15.8. The van der Waals surface area contributed by atoms with Crippen molar-refractivity contribution in [3.8, 4) is 0 Å². The van der Waals surface area contributed by atoms with Gasteiger partial charge in [-0.15, -0.1) is 0 Å². The molecular formula is C22H27N5O2. The molecule has 0 saturated heterocycles. The number of aliphatic imine (C=N–C) groups is 1. The molecular weight excluding hydrogens is 366 g/mol. The van der Waals surface area contributed by atoms with Crippen LogP contribution in [0.15, 0.2) is 60.4 Å². The molecule has 7 heteroatoms. The zero-order valence-electron chi connectivity index (χ0n) is 16.6. The van der Waals surface area contributed by atoms with Crippen LogP contribution in [0.25, 0.3) is 0 Å². The molecule has 1 fully saturated rings. The maximum atomic E-state index is 12.3. The number of pyridine rings is 1. The lowest BCUT2D eigenvalue weighted by molar-refractivity contribution is -0.120. The Morgan fingerprint density at radius 3 is 2.93 bits per heavy atom. The largest absolute Gasteiger partial charge is 0.394 e. The van der Waals surface area contributed by atoms with E-state index in [9.17, 15) is 9.90 Å². The number of carbonyl (C=O) groups excluding carboxylic acids is 1. The molecule has 29 heavy (non-hydrogen) atoms. The lowest BCUT2D eigenvalue weighted by Gasteiger charge is -2.17. The minimum Gasteiger partial charge on any atom is -0.394 e. The van der Waals surface area contributed by atoms with Gasteiger partial charge in [-0.2, -0.15) is 0 Å². The number of benzene rings is 1. The third-order valence-electron chi connectivity index (χ3n) is 4.57. The van der Waals surface area contributed by atoms with Crippen molar-refractivity contribution in [1.29, 1.82) is 0 Å². The Morgan fingerprint density at radius 1 is 1.41 bits per heavy atom. The average Bonchev–Trinajstić information content (AvgIpc) is 3.53. The fraction of sp³-hybridized carbons (Fsp3) is 0.318. The van der Waals surface area contributed by atoms with Crippen LogP contribution in [0.4, 0.5) is 11.5 Å². The van der Waals surface area contributed by atoms with Crippen LogP contribution in [-0.2, 0) is 4.79 Å². The Morgan fingerprint density at radius 2 is 2.24 bits per heavy atom. The molecule has 0 aliphatic heterocycles.